The Hall–Kier alpha value is -2.18. The second-order valence-electron chi connectivity index (χ2n) is 7.58. The van der Waals surface area contributed by atoms with Gasteiger partial charge in [-0.2, -0.15) is 0 Å². The maximum Gasteiger partial charge on any atom is 0.267 e. The Morgan fingerprint density at radius 3 is 2.88 bits per heavy atom. The lowest BCUT2D eigenvalue weighted by Gasteiger charge is -2.52. The van der Waals surface area contributed by atoms with Crippen LogP contribution in [-0.4, -0.2) is 52.2 Å². The Labute approximate surface area is 154 Å². The Kier molecular flexibility index (Phi) is 4.78. The standard InChI is InChI=1S/C20H26N4O2/c1-23-10-4-6-18(23)19(25)22-11-16-7-8-20(26-13-16)14-24(15-20)12-17-5-2-3-9-21-17/h2-6,9-10,16H,7-8,11-15H2,1H3,(H,22,25)/t16-/m0/s1. The number of carbonyl (C=O) groups excluding carboxylic acids is 1. The van der Waals surface area contributed by atoms with Crippen molar-refractivity contribution in [2.45, 2.75) is 25.0 Å². The van der Waals surface area contributed by atoms with Gasteiger partial charge in [-0.15, -0.1) is 0 Å². The monoisotopic (exact) mass is 354 g/mol. The fourth-order valence-corrected chi connectivity index (χ4v) is 3.95. The first-order valence-electron chi connectivity index (χ1n) is 9.29. The van der Waals surface area contributed by atoms with Crippen LogP contribution in [0.25, 0.3) is 0 Å². The summed E-state index contributed by atoms with van der Waals surface area (Å²) in [6.07, 6.45) is 5.90. The molecule has 1 amide bonds. The molecule has 2 saturated heterocycles. The van der Waals surface area contributed by atoms with Gasteiger partial charge in [0.1, 0.15) is 5.69 Å². The molecule has 0 aromatic carbocycles. The molecular formula is C20H26N4O2. The summed E-state index contributed by atoms with van der Waals surface area (Å²) in [4.78, 5) is 19.0. The number of rotatable bonds is 5. The summed E-state index contributed by atoms with van der Waals surface area (Å²) in [5.74, 6) is 0.387. The van der Waals surface area contributed by atoms with Crippen molar-refractivity contribution in [1.29, 1.82) is 0 Å². The summed E-state index contributed by atoms with van der Waals surface area (Å²) in [6, 6.07) is 9.77. The van der Waals surface area contributed by atoms with Gasteiger partial charge in [0.25, 0.3) is 5.91 Å². The van der Waals surface area contributed by atoms with Crippen molar-refractivity contribution in [3.8, 4) is 0 Å². The van der Waals surface area contributed by atoms with Crippen LogP contribution in [0.3, 0.4) is 0 Å². The third-order valence-corrected chi connectivity index (χ3v) is 5.50. The number of pyridine rings is 1. The Morgan fingerprint density at radius 1 is 1.35 bits per heavy atom. The largest absolute Gasteiger partial charge is 0.372 e. The van der Waals surface area contributed by atoms with Crippen molar-refractivity contribution in [1.82, 2.24) is 19.8 Å². The molecule has 26 heavy (non-hydrogen) atoms. The van der Waals surface area contributed by atoms with Crippen LogP contribution in [-0.2, 0) is 18.3 Å². The molecule has 0 bridgehead atoms. The SMILES string of the molecule is Cn1cccc1C(=O)NC[C@@H]1CCC2(CN(Cc3ccccn3)C2)OC1. The quantitative estimate of drug-likeness (QED) is 0.890. The molecule has 0 unspecified atom stereocenters. The molecule has 2 aromatic heterocycles. The Balaban J connectivity index is 1.19. The van der Waals surface area contributed by atoms with Gasteiger partial charge in [0.05, 0.1) is 17.9 Å². The molecule has 2 fully saturated rings. The molecule has 1 N–H and O–H groups in total. The third-order valence-electron chi connectivity index (χ3n) is 5.50. The van der Waals surface area contributed by atoms with Crippen LogP contribution in [0.5, 0.6) is 0 Å². The maximum absolute atomic E-state index is 12.2. The highest BCUT2D eigenvalue weighted by atomic mass is 16.5. The van der Waals surface area contributed by atoms with Crippen LogP contribution >= 0.6 is 0 Å². The summed E-state index contributed by atoms with van der Waals surface area (Å²) in [5.41, 5.74) is 1.83. The molecule has 0 aliphatic carbocycles. The highest BCUT2D eigenvalue weighted by Crippen LogP contribution is 2.36. The van der Waals surface area contributed by atoms with Gasteiger partial charge in [-0.1, -0.05) is 6.07 Å². The zero-order valence-corrected chi connectivity index (χ0v) is 15.2. The van der Waals surface area contributed by atoms with Crippen molar-refractivity contribution in [3.63, 3.8) is 0 Å². The molecule has 1 spiro atoms. The molecular weight excluding hydrogens is 328 g/mol. The van der Waals surface area contributed by atoms with Gasteiger partial charge in [0, 0.05) is 45.6 Å². The molecule has 4 heterocycles. The van der Waals surface area contributed by atoms with Crippen LogP contribution in [0.4, 0.5) is 0 Å². The van der Waals surface area contributed by atoms with E-state index in [9.17, 15) is 4.79 Å². The Bertz CT molecular complexity index is 742. The topological polar surface area (TPSA) is 59.4 Å². The number of ether oxygens (including phenoxy) is 1. The zero-order chi connectivity index (χ0) is 18.0. The number of nitrogens with zero attached hydrogens (tertiary/aromatic N) is 3. The number of carbonyl (C=O) groups is 1. The van der Waals surface area contributed by atoms with Gasteiger partial charge < -0.3 is 14.6 Å². The van der Waals surface area contributed by atoms with Crippen LogP contribution in [0.2, 0.25) is 0 Å². The zero-order valence-electron chi connectivity index (χ0n) is 15.2. The van der Waals surface area contributed by atoms with E-state index in [0.29, 0.717) is 18.2 Å². The van der Waals surface area contributed by atoms with Gasteiger partial charge in [-0.3, -0.25) is 14.7 Å². The van der Waals surface area contributed by atoms with Gasteiger partial charge in [0.2, 0.25) is 0 Å². The minimum Gasteiger partial charge on any atom is -0.372 e. The molecule has 0 radical (unpaired) electrons. The number of nitrogens with one attached hydrogen (secondary N) is 1. The molecule has 0 saturated carbocycles. The van der Waals surface area contributed by atoms with Crippen LogP contribution in [0.15, 0.2) is 42.7 Å². The average Bonchev–Trinajstić information content (AvgIpc) is 3.06. The van der Waals surface area contributed by atoms with Crippen molar-refractivity contribution < 1.29 is 9.53 Å². The van der Waals surface area contributed by atoms with E-state index < -0.39 is 0 Å². The molecule has 138 valence electrons. The Morgan fingerprint density at radius 2 is 2.23 bits per heavy atom. The van der Waals surface area contributed by atoms with E-state index in [0.717, 1.165) is 44.8 Å². The van der Waals surface area contributed by atoms with Crippen LogP contribution in [0.1, 0.15) is 29.0 Å². The summed E-state index contributed by atoms with van der Waals surface area (Å²) < 4.78 is 8.05. The lowest BCUT2D eigenvalue weighted by atomic mass is 9.83. The van der Waals surface area contributed by atoms with Crippen molar-refractivity contribution >= 4 is 5.91 Å². The molecule has 2 aliphatic heterocycles. The molecule has 2 aliphatic rings. The predicted molar refractivity (Wildman–Crippen MR) is 98.7 cm³/mol. The predicted octanol–water partition coefficient (Wildman–Crippen LogP) is 1.83. The number of hydrogen-bond donors (Lipinski definition) is 1. The molecule has 2 aromatic rings. The smallest absolute Gasteiger partial charge is 0.267 e. The summed E-state index contributed by atoms with van der Waals surface area (Å²) in [5, 5.41) is 3.04. The molecule has 6 heteroatoms. The minimum atomic E-state index is -0.0111. The fourth-order valence-electron chi connectivity index (χ4n) is 3.95. The van der Waals surface area contributed by atoms with E-state index in [1.54, 1.807) is 0 Å². The van der Waals surface area contributed by atoms with Crippen LogP contribution < -0.4 is 5.32 Å². The lowest BCUT2D eigenvalue weighted by Crippen LogP contribution is -2.64. The second kappa shape index (κ2) is 7.21. The number of amides is 1. The normalized spacial score (nSPS) is 22.1. The van der Waals surface area contributed by atoms with E-state index in [1.165, 1.54) is 0 Å². The molecule has 1 atom stereocenters. The van der Waals surface area contributed by atoms with Gasteiger partial charge >= 0.3 is 0 Å². The highest BCUT2D eigenvalue weighted by Gasteiger charge is 2.46. The first-order valence-corrected chi connectivity index (χ1v) is 9.29. The van der Waals surface area contributed by atoms with E-state index in [4.69, 9.17) is 4.74 Å². The maximum atomic E-state index is 12.2. The van der Waals surface area contributed by atoms with E-state index in [-0.39, 0.29) is 11.5 Å². The minimum absolute atomic E-state index is 0.0111. The lowest BCUT2D eigenvalue weighted by molar-refractivity contribution is -0.181. The van der Waals surface area contributed by atoms with Crippen molar-refractivity contribution in [2.75, 3.05) is 26.2 Å². The number of aryl methyl sites for hydroxylation is 1. The summed E-state index contributed by atoms with van der Waals surface area (Å²) in [6.45, 7) is 4.25. The van der Waals surface area contributed by atoms with Gasteiger partial charge in [-0.05, 0) is 43.0 Å². The number of aromatic nitrogens is 2. The van der Waals surface area contributed by atoms with Crippen LogP contribution in [0, 0.1) is 5.92 Å². The third kappa shape index (κ3) is 3.66. The van der Waals surface area contributed by atoms with E-state index in [2.05, 4.69) is 21.3 Å². The van der Waals surface area contributed by atoms with E-state index >= 15 is 0 Å². The fraction of sp³-hybridized carbons (Fsp3) is 0.500. The van der Waals surface area contributed by atoms with Gasteiger partial charge in [-0.25, -0.2) is 0 Å². The molecule has 4 rings (SSSR count). The summed E-state index contributed by atoms with van der Waals surface area (Å²) in [7, 11) is 1.88. The number of hydrogen-bond acceptors (Lipinski definition) is 4. The second-order valence-corrected chi connectivity index (χ2v) is 7.58. The van der Waals surface area contributed by atoms with E-state index in [1.807, 2.05) is 48.3 Å². The summed E-state index contributed by atoms with van der Waals surface area (Å²) >= 11 is 0. The van der Waals surface area contributed by atoms with Crippen molar-refractivity contribution in [3.05, 3.63) is 54.1 Å². The van der Waals surface area contributed by atoms with Crippen molar-refractivity contribution in [2.24, 2.45) is 13.0 Å². The average molecular weight is 354 g/mol. The number of likely N-dealkylation sites (tertiary alicyclic amines) is 1. The molecule has 6 nitrogen and oxygen atoms in total. The highest BCUT2D eigenvalue weighted by molar-refractivity contribution is 5.92. The van der Waals surface area contributed by atoms with Gasteiger partial charge in [0.15, 0.2) is 0 Å². The first kappa shape index (κ1) is 17.2. The first-order chi connectivity index (χ1) is 12.6.